The van der Waals surface area contributed by atoms with Gasteiger partial charge in [0.2, 0.25) is 0 Å². The molecule has 2 nitrogen and oxygen atoms in total. The fourth-order valence-electron chi connectivity index (χ4n) is 3.82. The van der Waals surface area contributed by atoms with Gasteiger partial charge < -0.3 is 9.64 Å². The number of likely N-dealkylation sites (N-methyl/N-ethyl adjacent to an activating group) is 1. The highest BCUT2D eigenvalue weighted by Gasteiger charge is 2.13. The number of hydrogen-bond donors (Lipinski definition) is 0. The second-order valence-electron chi connectivity index (χ2n) is 7.62. The van der Waals surface area contributed by atoms with Gasteiger partial charge in [0.05, 0.1) is 0 Å². The first-order valence-electron chi connectivity index (χ1n) is 11.0. The molecule has 0 spiro atoms. The van der Waals surface area contributed by atoms with E-state index >= 15 is 0 Å². The van der Waals surface area contributed by atoms with E-state index < -0.39 is 0 Å². The number of benzene rings is 3. The van der Waals surface area contributed by atoms with Gasteiger partial charge in [-0.05, 0) is 66.4 Å². The molecular weight excluding hydrogens is 366 g/mol. The maximum atomic E-state index is 5.98. The summed E-state index contributed by atoms with van der Waals surface area (Å²) in [6, 6.07) is 29.9. The molecule has 0 aliphatic heterocycles. The van der Waals surface area contributed by atoms with Crippen LogP contribution in [0.15, 0.2) is 84.9 Å². The van der Waals surface area contributed by atoms with Crippen LogP contribution in [0.1, 0.15) is 43.4 Å². The summed E-state index contributed by atoms with van der Waals surface area (Å²) in [6.45, 7) is 7.19. The Kier molecular flexibility index (Phi) is 8.29. The fraction of sp³-hybridized carbons (Fsp3) is 0.286. The Morgan fingerprint density at radius 2 is 1.27 bits per heavy atom. The highest BCUT2D eigenvalue weighted by Crippen LogP contribution is 2.34. The first-order valence-corrected chi connectivity index (χ1v) is 11.0. The minimum Gasteiger partial charge on any atom is -0.492 e. The summed E-state index contributed by atoms with van der Waals surface area (Å²) in [7, 11) is 2.14. The third-order valence-electron chi connectivity index (χ3n) is 5.33. The highest BCUT2D eigenvalue weighted by molar-refractivity contribution is 5.98. The summed E-state index contributed by atoms with van der Waals surface area (Å²) >= 11 is 0. The molecular formula is C28H33NO. The number of hydrogen-bond acceptors (Lipinski definition) is 2. The summed E-state index contributed by atoms with van der Waals surface area (Å²) in [6.07, 6.45) is 2.14. The molecule has 0 aliphatic carbocycles. The van der Waals surface area contributed by atoms with Gasteiger partial charge in [0.1, 0.15) is 12.4 Å². The van der Waals surface area contributed by atoms with Crippen LogP contribution in [0.3, 0.4) is 0 Å². The maximum absolute atomic E-state index is 5.98. The Morgan fingerprint density at radius 3 is 1.83 bits per heavy atom. The van der Waals surface area contributed by atoms with Crippen molar-refractivity contribution in [2.75, 3.05) is 26.7 Å². The molecule has 0 amide bonds. The van der Waals surface area contributed by atoms with Gasteiger partial charge in [0.25, 0.3) is 0 Å². The van der Waals surface area contributed by atoms with Gasteiger partial charge in [0.15, 0.2) is 0 Å². The molecule has 0 unspecified atom stereocenters. The third kappa shape index (κ3) is 5.84. The van der Waals surface area contributed by atoms with Gasteiger partial charge in [0, 0.05) is 6.54 Å². The normalized spacial score (nSPS) is 12.0. The maximum Gasteiger partial charge on any atom is 0.119 e. The van der Waals surface area contributed by atoms with Crippen molar-refractivity contribution in [3.05, 3.63) is 102 Å². The van der Waals surface area contributed by atoms with Crippen molar-refractivity contribution in [3.63, 3.8) is 0 Å². The highest BCUT2D eigenvalue weighted by atomic mass is 16.5. The number of rotatable bonds is 10. The van der Waals surface area contributed by atoms with Crippen LogP contribution >= 0.6 is 0 Å². The topological polar surface area (TPSA) is 12.5 Å². The summed E-state index contributed by atoms with van der Waals surface area (Å²) < 4.78 is 5.98. The lowest BCUT2D eigenvalue weighted by atomic mass is 9.88. The zero-order chi connectivity index (χ0) is 21.2. The molecule has 0 N–H and O–H groups in total. The average molecular weight is 400 g/mol. The van der Waals surface area contributed by atoms with Crippen molar-refractivity contribution < 1.29 is 4.74 Å². The van der Waals surface area contributed by atoms with Crippen molar-refractivity contribution >= 4 is 11.1 Å². The summed E-state index contributed by atoms with van der Waals surface area (Å²) in [5.74, 6) is 0.925. The molecule has 0 atom stereocenters. The van der Waals surface area contributed by atoms with Crippen LogP contribution in [0.2, 0.25) is 0 Å². The molecule has 30 heavy (non-hydrogen) atoms. The number of nitrogens with zero attached hydrogens (tertiary/aromatic N) is 1. The van der Waals surface area contributed by atoms with Crippen LogP contribution in [0.25, 0.3) is 11.1 Å². The minimum atomic E-state index is 0.710. The van der Waals surface area contributed by atoms with Crippen LogP contribution in [-0.4, -0.2) is 31.6 Å². The Hall–Kier alpha value is -2.84. The van der Waals surface area contributed by atoms with Crippen LogP contribution in [0.5, 0.6) is 5.75 Å². The predicted octanol–water partition coefficient (Wildman–Crippen LogP) is 6.78. The molecule has 0 fully saturated rings. The molecule has 3 aromatic carbocycles. The van der Waals surface area contributed by atoms with Gasteiger partial charge in [-0.15, -0.1) is 0 Å². The molecule has 0 aromatic heterocycles. The van der Waals surface area contributed by atoms with Crippen LogP contribution in [0.4, 0.5) is 0 Å². The van der Waals surface area contributed by atoms with Crippen molar-refractivity contribution in [2.45, 2.75) is 26.7 Å². The Labute approximate surface area is 181 Å². The summed E-state index contributed by atoms with van der Waals surface area (Å²) in [5, 5.41) is 0. The van der Waals surface area contributed by atoms with Crippen molar-refractivity contribution in [1.82, 2.24) is 4.90 Å². The van der Waals surface area contributed by atoms with Gasteiger partial charge in [-0.1, -0.05) is 86.6 Å². The second-order valence-corrected chi connectivity index (χ2v) is 7.62. The van der Waals surface area contributed by atoms with Crippen molar-refractivity contribution in [1.29, 1.82) is 0 Å². The largest absolute Gasteiger partial charge is 0.492 e. The zero-order valence-electron chi connectivity index (χ0n) is 18.5. The van der Waals surface area contributed by atoms with Gasteiger partial charge in [-0.25, -0.2) is 0 Å². The Bertz CT molecular complexity index is 914. The van der Waals surface area contributed by atoms with Gasteiger partial charge in [-0.2, -0.15) is 0 Å². The SMILES string of the molecule is CCCN(C)CCOc1ccc(/C(=C(/CC)c2ccccc2)c2ccccc2)cc1. The summed E-state index contributed by atoms with van der Waals surface area (Å²) in [4.78, 5) is 2.30. The van der Waals surface area contributed by atoms with Crippen LogP contribution in [0, 0.1) is 0 Å². The molecule has 0 aliphatic rings. The van der Waals surface area contributed by atoms with E-state index in [1.807, 2.05) is 0 Å². The van der Waals surface area contributed by atoms with E-state index in [0.29, 0.717) is 6.61 Å². The van der Waals surface area contributed by atoms with E-state index in [1.54, 1.807) is 0 Å². The van der Waals surface area contributed by atoms with Gasteiger partial charge >= 0.3 is 0 Å². The molecule has 3 aromatic rings. The van der Waals surface area contributed by atoms with E-state index in [4.69, 9.17) is 4.74 Å². The quantitative estimate of drug-likeness (QED) is 0.349. The van der Waals surface area contributed by atoms with E-state index in [9.17, 15) is 0 Å². The first-order chi connectivity index (χ1) is 14.7. The predicted molar refractivity (Wildman–Crippen MR) is 129 cm³/mol. The van der Waals surface area contributed by atoms with Crippen LogP contribution < -0.4 is 4.74 Å². The van der Waals surface area contributed by atoms with E-state index in [1.165, 1.54) is 34.3 Å². The van der Waals surface area contributed by atoms with E-state index in [-0.39, 0.29) is 0 Å². The monoisotopic (exact) mass is 399 g/mol. The standard InChI is InChI=1S/C28H33NO/c1-4-20-29(3)21-22-30-26-18-16-25(17-19-26)28(24-14-10-7-11-15-24)27(5-2)23-12-8-6-9-13-23/h6-19H,4-5,20-22H2,1-3H3/b28-27-. The molecule has 0 radical (unpaired) electrons. The van der Waals surface area contributed by atoms with Crippen molar-refractivity contribution in [2.24, 2.45) is 0 Å². The molecule has 0 saturated carbocycles. The zero-order valence-corrected chi connectivity index (χ0v) is 18.5. The van der Waals surface area contributed by atoms with Crippen LogP contribution in [-0.2, 0) is 0 Å². The second kappa shape index (κ2) is 11.4. The lowest BCUT2D eigenvalue weighted by Crippen LogP contribution is -2.24. The van der Waals surface area contributed by atoms with E-state index in [2.05, 4.69) is 111 Å². The Balaban J connectivity index is 1.89. The molecule has 2 heteroatoms. The lowest BCUT2D eigenvalue weighted by molar-refractivity contribution is 0.237. The van der Waals surface area contributed by atoms with Gasteiger partial charge in [-0.3, -0.25) is 0 Å². The fourth-order valence-corrected chi connectivity index (χ4v) is 3.82. The molecule has 0 bridgehead atoms. The molecule has 0 heterocycles. The number of ether oxygens (including phenoxy) is 1. The third-order valence-corrected chi connectivity index (χ3v) is 5.33. The minimum absolute atomic E-state index is 0.710. The lowest BCUT2D eigenvalue weighted by Gasteiger charge is -2.17. The summed E-state index contributed by atoms with van der Waals surface area (Å²) in [5.41, 5.74) is 6.39. The number of allylic oxidation sites excluding steroid dienone is 1. The first kappa shape index (κ1) is 21.9. The molecule has 156 valence electrons. The van der Waals surface area contributed by atoms with Crippen molar-refractivity contribution in [3.8, 4) is 5.75 Å². The average Bonchev–Trinajstić information content (AvgIpc) is 2.79. The molecule has 0 saturated heterocycles. The molecule has 3 rings (SSSR count). The van der Waals surface area contributed by atoms with E-state index in [0.717, 1.165) is 25.3 Å². The Morgan fingerprint density at radius 1 is 0.700 bits per heavy atom. The smallest absolute Gasteiger partial charge is 0.119 e.